The molecule has 0 N–H and O–H groups in total. The van der Waals surface area contributed by atoms with Crippen molar-refractivity contribution in [2.24, 2.45) is 0 Å². The third-order valence-corrected chi connectivity index (χ3v) is 4.85. The number of hydrogen-bond donors (Lipinski definition) is 0. The summed E-state index contributed by atoms with van der Waals surface area (Å²) in [7, 11) is 0. The van der Waals surface area contributed by atoms with E-state index in [1.807, 2.05) is 6.07 Å². The number of halogens is 4. The molecule has 0 spiro atoms. The minimum Gasteiger partial charge on any atom is -0.406 e. The van der Waals surface area contributed by atoms with Gasteiger partial charge in [-0.25, -0.2) is 4.39 Å². The molecule has 144 valence electrons. The van der Waals surface area contributed by atoms with E-state index in [0.717, 1.165) is 24.8 Å². The van der Waals surface area contributed by atoms with E-state index in [2.05, 4.69) is 17.7 Å². The Kier molecular flexibility index (Phi) is 5.88. The Morgan fingerprint density at radius 2 is 1.74 bits per heavy atom. The predicted molar refractivity (Wildman–Crippen MR) is 98.2 cm³/mol. The van der Waals surface area contributed by atoms with Crippen LogP contribution >= 0.6 is 0 Å². The van der Waals surface area contributed by atoms with Gasteiger partial charge >= 0.3 is 6.36 Å². The lowest BCUT2D eigenvalue weighted by molar-refractivity contribution is -0.274. The Hall–Kier alpha value is -2.30. The molecular weight excluding hydrogens is 356 g/mol. The number of fused-ring (bicyclic) bond motifs is 1. The van der Waals surface area contributed by atoms with E-state index in [1.165, 1.54) is 42.7 Å². The molecule has 1 nitrogen and oxygen atoms in total. The van der Waals surface area contributed by atoms with Gasteiger partial charge in [0.2, 0.25) is 0 Å². The van der Waals surface area contributed by atoms with E-state index >= 15 is 4.39 Å². The van der Waals surface area contributed by atoms with Gasteiger partial charge in [0.05, 0.1) is 0 Å². The summed E-state index contributed by atoms with van der Waals surface area (Å²) in [4.78, 5) is 0. The molecule has 0 aliphatic heterocycles. The van der Waals surface area contributed by atoms with E-state index < -0.39 is 6.36 Å². The minimum absolute atomic E-state index is 0.291. The lowest BCUT2D eigenvalue weighted by Crippen LogP contribution is -2.16. The summed E-state index contributed by atoms with van der Waals surface area (Å²) in [5, 5.41) is 0. The highest BCUT2D eigenvalue weighted by Crippen LogP contribution is 2.33. The first kappa shape index (κ1) is 19.5. The van der Waals surface area contributed by atoms with Gasteiger partial charge in [0.25, 0.3) is 0 Å². The van der Waals surface area contributed by atoms with Crippen LogP contribution in [0.5, 0.6) is 5.75 Å². The summed E-state index contributed by atoms with van der Waals surface area (Å²) >= 11 is 0. The molecule has 3 rings (SSSR count). The maximum atomic E-state index is 15.0. The molecule has 0 atom stereocenters. The second-order valence-electron chi connectivity index (χ2n) is 6.84. The van der Waals surface area contributed by atoms with Gasteiger partial charge in [-0.05, 0) is 54.5 Å². The lowest BCUT2D eigenvalue weighted by atomic mass is 9.86. The number of benzene rings is 2. The van der Waals surface area contributed by atoms with Crippen LogP contribution < -0.4 is 4.74 Å². The number of ether oxygens (including phenoxy) is 1. The Morgan fingerprint density at radius 1 is 1.00 bits per heavy atom. The van der Waals surface area contributed by atoms with Crippen LogP contribution in [-0.4, -0.2) is 6.36 Å². The topological polar surface area (TPSA) is 9.23 Å². The van der Waals surface area contributed by atoms with Gasteiger partial charge in [-0.15, -0.1) is 13.2 Å². The van der Waals surface area contributed by atoms with Crippen molar-refractivity contribution in [2.75, 3.05) is 0 Å². The molecule has 2 aromatic rings. The summed E-state index contributed by atoms with van der Waals surface area (Å²) in [5.41, 5.74) is 3.97. The molecule has 0 bridgehead atoms. The normalized spacial score (nSPS) is 13.9. The molecular formula is C22H22F4O. The van der Waals surface area contributed by atoms with Crippen molar-refractivity contribution in [3.8, 4) is 16.9 Å². The third kappa shape index (κ3) is 4.90. The highest BCUT2D eigenvalue weighted by atomic mass is 19.4. The van der Waals surface area contributed by atoms with Crippen molar-refractivity contribution >= 4 is 0 Å². The maximum absolute atomic E-state index is 15.0. The third-order valence-electron chi connectivity index (χ3n) is 4.85. The first-order valence-corrected chi connectivity index (χ1v) is 9.21. The predicted octanol–water partition coefficient (Wildman–Crippen LogP) is 7.00. The fraction of sp³-hybridized carbons (Fsp3) is 0.364. The quantitative estimate of drug-likeness (QED) is 0.299. The van der Waals surface area contributed by atoms with E-state index in [9.17, 15) is 13.2 Å². The zero-order chi connectivity index (χ0) is 19.4. The van der Waals surface area contributed by atoms with Crippen LogP contribution in [0.1, 0.15) is 43.7 Å². The maximum Gasteiger partial charge on any atom is 0.573 e. The van der Waals surface area contributed by atoms with Crippen molar-refractivity contribution in [3.63, 3.8) is 0 Å². The highest BCUT2D eigenvalue weighted by molar-refractivity contribution is 5.67. The number of allylic oxidation sites excluding steroid dienone is 2. The average molecular weight is 378 g/mol. The van der Waals surface area contributed by atoms with Gasteiger partial charge in [0.1, 0.15) is 11.6 Å². The molecule has 0 fully saturated rings. The molecule has 0 aromatic heterocycles. The average Bonchev–Trinajstić information content (AvgIpc) is 2.62. The Balaban J connectivity index is 1.77. The van der Waals surface area contributed by atoms with Gasteiger partial charge < -0.3 is 4.74 Å². The first-order valence-electron chi connectivity index (χ1n) is 9.21. The van der Waals surface area contributed by atoms with Crippen LogP contribution in [-0.2, 0) is 12.8 Å². The number of alkyl halides is 3. The van der Waals surface area contributed by atoms with E-state index in [4.69, 9.17) is 0 Å². The Bertz CT molecular complexity index is 819. The molecule has 2 aromatic carbocycles. The van der Waals surface area contributed by atoms with Crippen molar-refractivity contribution in [2.45, 2.75) is 51.8 Å². The molecule has 5 heteroatoms. The molecule has 1 aliphatic rings. The van der Waals surface area contributed by atoms with Gasteiger partial charge in [0.15, 0.2) is 0 Å². The van der Waals surface area contributed by atoms with Crippen molar-refractivity contribution < 1.29 is 22.3 Å². The molecule has 27 heavy (non-hydrogen) atoms. The number of unbranched alkanes of at least 4 members (excludes halogenated alkanes) is 2. The molecule has 1 aliphatic carbocycles. The first-order chi connectivity index (χ1) is 12.9. The lowest BCUT2D eigenvalue weighted by Gasteiger charge is -2.19. The summed E-state index contributed by atoms with van der Waals surface area (Å²) in [6.45, 7) is 2.17. The molecule has 0 radical (unpaired) electrons. The summed E-state index contributed by atoms with van der Waals surface area (Å²) in [6, 6.07) is 8.94. The highest BCUT2D eigenvalue weighted by Gasteiger charge is 2.31. The fourth-order valence-electron chi connectivity index (χ4n) is 3.46. The van der Waals surface area contributed by atoms with Crippen molar-refractivity contribution in [1.82, 2.24) is 0 Å². The van der Waals surface area contributed by atoms with Crippen LogP contribution in [0, 0.1) is 5.82 Å². The van der Waals surface area contributed by atoms with E-state index in [-0.39, 0.29) is 11.6 Å². The standard InChI is InChI=1S/C22H22F4O/c1-2-3-4-5-15-6-12-20-17(14-15)9-13-19(21(20)23)16-7-10-18(11-8-16)27-22(24,25)26/h6-11,13H,2-5,12,14H2,1H3. The Labute approximate surface area is 156 Å². The molecule has 0 saturated carbocycles. The summed E-state index contributed by atoms with van der Waals surface area (Å²) in [6.07, 6.45) is 3.30. The minimum atomic E-state index is -4.74. The van der Waals surface area contributed by atoms with Crippen LogP contribution in [0.3, 0.4) is 0 Å². The van der Waals surface area contributed by atoms with Gasteiger partial charge in [0, 0.05) is 5.56 Å². The van der Waals surface area contributed by atoms with Crippen LogP contribution in [0.2, 0.25) is 0 Å². The second kappa shape index (κ2) is 8.15. The summed E-state index contributed by atoms with van der Waals surface area (Å²) in [5.74, 6) is -0.606. The van der Waals surface area contributed by atoms with Crippen molar-refractivity contribution in [3.05, 3.63) is 65.0 Å². The molecule has 0 unspecified atom stereocenters. The number of hydrogen-bond acceptors (Lipinski definition) is 1. The van der Waals surface area contributed by atoms with Gasteiger partial charge in [-0.3, -0.25) is 0 Å². The van der Waals surface area contributed by atoms with Gasteiger partial charge in [-0.1, -0.05) is 55.7 Å². The van der Waals surface area contributed by atoms with E-state index in [1.54, 1.807) is 6.07 Å². The molecule has 0 heterocycles. The van der Waals surface area contributed by atoms with Crippen molar-refractivity contribution in [1.29, 1.82) is 0 Å². The molecule has 0 saturated heterocycles. The van der Waals surface area contributed by atoms with Crippen LogP contribution in [0.25, 0.3) is 11.1 Å². The fourth-order valence-corrected chi connectivity index (χ4v) is 3.46. The summed E-state index contributed by atoms with van der Waals surface area (Å²) < 4.78 is 55.6. The molecule has 0 amide bonds. The SMILES string of the molecule is CCCCCC1=CCc2c(ccc(-c3ccc(OC(F)(F)F)cc3)c2F)C1. The van der Waals surface area contributed by atoms with Gasteiger partial charge in [-0.2, -0.15) is 0 Å². The Morgan fingerprint density at radius 3 is 2.41 bits per heavy atom. The van der Waals surface area contributed by atoms with E-state index in [0.29, 0.717) is 23.1 Å². The zero-order valence-electron chi connectivity index (χ0n) is 15.2. The van der Waals surface area contributed by atoms with Crippen LogP contribution in [0.4, 0.5) is 17.6 Å². The largest absolute Gasteiger partial charge is 0.573 e. The zero-order valence-corrected chi connectivity index (χ0v) is 15.2. The second-order valence-corrected chi connectivity index (χ2v) is 6.84. The smallest absolute Gasteiger partial charge is 0.406 e. The van der Waals surface area contributed by atoms with Crippen LogP contribution in [0.15, 0.2) is 48.0 Å². The number of rotatable bonds is 6. The monoisotopic (exact) mass is 378 g/mol.